The molecule has 1 heterocycles. The lowest BCUT2D eigenvalue weighted by atomic mass is 9.96. The van der Waals surface area contributed by atoms with Crippen LogP contribution in [0.5, 0.6) is 0 Å². The summed E-state index contributed by atoms with van der Waals surface area (Å²) < 4.78 is 0. The first kappa shape index (κ1) is 12.7. The highest BCUT2D eigenvalue weighted by Crippen LogP contribution is 2.11. The third-order valence-electron chi connectivity index (χ3n) is 2.14. The molecule has 1 aromatic heterocycles. The molecule has 1 aromatic rings. The van der Waals surface area contributed by atoms with Crippen LogP contribution in [-0.4, -0.2) is 29.0 Å². The van der Waals surface area contributed by atoms with Crippen LogP contribution in [0, 0.1) is 5.41 Å². The van der Waals surface area contributed by atoms with Crippen molar-refractivity contribution in [3.63, 3.8) is 0 Å². The van der Waals surface area contributed by atoms with Crippen LogP contribution in [-0.2, 0) is 11.3 Å². The molecule has 0 saturated heterocycles. The van der Waals surface area contributed by atoms with Crippen LogP contribution < -0.4 is 10.6 Å². The quantitative estimate of drug-likeness (QED) is 0.644. The number of hydrogen-bond donors (Lipinski definition) is 3. The standard InChI is InChI=1S/C11H20N4O/c1-11(2,3)10(16)14-5-4-12-6-9-7-13-8-15-9/h7-8,12H,4-6H2,1-3H3,(H,13,15)(H,14,16). The van der Waals surface area contributed by atoms with Crippen LogP contribution in [0.25, 0.3) is 0 Å². The summed E-state index contributed by atoms with van der Waals surface area (Å²) in [6, 6.07) is 0. The van der Waals surface area contributed by atoms with Gasteiger partial charge in [-0.3, -0.25) is 4.79 Å². The second kappa shape index (κ2) is 5.65. The maximum absolute atomic E-state index is 11.5. The van der Waals surface area contributed by atoms with Gasteiger partial charge in [0.2, 0.25) is 5.91 Å². The highest BCUT2D eigenvalue weighted by atomic mass is 16.2. The molecule has 1 rings (SSSR count). The Bertz CT molecular complexity index is 313. The molecule has 0 radical (unpaired) electrons. The number of carbonyl (C=O) groups is 1. The number of carbonyl (C=O) groups excluding carboxylic acids is 1. The number of nitrogens with zero attached hydrogens (tertiary/aromatic N) is 1. The van der Waals surface area contributed by atoms with E-state index in [-0.39, 0.29) is 11.3 Å². The molecule has 5 nitrogen and oxygen atoms in total. The highest BCUT2D eigenvalue weighted by Gasteiger charge is 2.19. The minimum Gasteiger partial charge on any atom is -0.354 e. The monoisotopic (exact) mass is 224 g/mol. The fourth-order valence-corrected chi connectivity index (χ4v) is 1.13. The second-order valence-electron chi connectivity index (χ2n) is 4.76. The van der Waals surface area contributed by atoms with Crippen molar-refractivity contribution in [2.75, 3.05) is 13.1 Å². The van der Waals surface area contributed by atoms with E-state index in [2.05, 4.69) is 20.6 Å². The van der Waals surface area contributed by atoms with E-state index < -0.39 is 0 Å². The fourth-order valence-electron chi connectivity index (χ4n) is 1.13. The largest absolute Gasteiger partial charge is 0.354 e. The number of imidazole rings is 1. The number of rotatable bonds is 5. The molecule has 0 spiro atoms. The van der Waals surface area contributed by atoms with E-state index in [1.807, 2.05) is 20.8 Å². The molecular formula is C11H20N4O. The molecule has 90 valence electrons. The number of H-pyrrole nitrogens is 1. The lowest BCUT2D eigenvalue weighted by molar-refractivity contribution is -0.128. The fraction of sp³-hybridized carbons (Fsp3) is 0.636. The van der Waals surface area contributed by atoms with Gasteiger partial charge in [-0.1, -0.05) is 20.8 Å². The first-order chi connectivity index (χ1) is 7.50. The Kier molecular flexibility index (Phi) is 4.49. The Balaban J connectivity index is 2.06. The van der Waals surface area contributed by atoms with Crippen molar-refractivity contribution in [3.8, 4) is 0 Å². The van der Waals surface area contributed by atoms with E-state index in [0.717, 1.165) is 18.8 Å². The summed E-state index contributed by atoms with van der Waals surface area (Å²) in [7, 11) is 0. The van der Waals surface area contributed by atoms with Gasteiger partial charge < -0.3 is 15.6 Å². The second-order valence-corrected chi connectivity index (χ2v) is 4.76. The molecule has 0 saturated carbocycles. The van der Waals surface area contributed by atoms with E-state index in [0.29, 0.717) is 6.54 Å². The summed E-state index contributed by atoms with van der Waals surface area (Å²) in [6.45, 7) is 7.84. The molecule has 0 atom stereocenters. The average Bonchev–Trinajstić information content (AvgIpc) is 2.68. The zero-order valence-corrected chi connectivity index (χ0v) is 10.1. The summed E-state index contributed by atoms with van der Waals surface area (Å²) in [5, 5.41) is 6.08. The Morgan fingerprint density at radius 2 is 2.19 bits per heavy atom. The van der Waals surface area contributed by atoms with E-state index >= 15 is 0 Å². The van der Waals surface area contributed by atoms with Crippen LogP contribution in [0.3, 0.4) is 0 Å². The molecule has 0 aliphatic heterocycles. The Morgan fingerprint density at radius 3 is 2.75 bits per heavy atom. The summed E-state index contributed by atoms with van der Waals surface area (Å²) in [6.07, 6.45) is 3.43. The van der Waals surface area contributed by atoms with Gasteiger partial charge in [0.15, 0.2) is 0 Å². The molecule has 0 unspecified atom stereocenters. The Labute approximate surface area is 96.0 Å². The molecule has 0 fully saturated rings. The molecule has 3 N–H and O–H groups in total. The summed E-state index contributed by atoms with van der Waals surface area (Å²) in [5.74, 6) is 0.0795. The van der Waals surface area contributed by atoms with E-state index in [1.54, 1.807) is 12.5 Å². The molecule has 0 aliphatic rings. The van der Waals surface area contributed by atoms with Crippen molar-refractivity contribution in [1.82, 2.24) is 20.6 Å². The van der Waals surface area contributed by atoms with Crippen molar-refractivity contribution in [3.05, 3.63) is 18.2 Å². The summed E-state index contributed by atoms with van der Waals surface area (Å²) >= 11 is 0. The third kappa shape index (κ3) is 4.44. The van der Waals surface area contributed by atoms with Gasteiger partial charge in [0, 0.05) is 36.9 Å². The zero-order chi connectivity index (χ0) is 12.0. The van der Waals surface area contributed by atoms with E-state index in [1.165, 1.54) is 0 Å². The minimum absolute atomic E-state index is 0.0795. The van der Waals surface area contributed by atoms with Crippen molar-refractivity contribution < 1.29 is 4.79 Å². The predicted octanol–water partition coefficient (Wildman–Crippen LogP) is 0.662. The number of nitrogens with one attached hydrogen (secondary N) is 3. The summed E-state index contributed by atoms with van der Waals surface area (Å²) in [5.41, 5.74) is 0.728. The van der Waals surface area contributed by atoms with Crippen molar-refractivity contribution in [1.29, 1.82) is 0 Å². The van der Waals surface area contributed by atoms with E-state index in [4.69, 9.17) is 0 Å². The molecule has 16 heavy (non-hydrogen) atoms. The topological polar surface area (TPSA) is 69.8 Å². The average molecular weight is 224 g/mol. The van der Waals surface area contributed by atoms with Crippen LogP contribution in [0.15, 0.2) is 12.5 Å². The maximum atomic E-state index is 11.5. The molecule has 5 heteroatoms. The summed E-state index contributed by atoms with van der Waals surface area (Å²) in [4.78, 5) is 18.4. The molecule has 1 amide bonds. The predicted molar refractivity (Wildman–Crippen MR) is 62.8 cm³/mol. The number of amides is 1. The van der Waals surface area contributed by atoms with Gasteiger partial charge in [-0.05, 0) is 0 Å². The number of aromatic amines is 1. The number of hydrogen-bond acceptors (Lipinski definition) is 3. The Hall–Kier alpha value is -1.36. The molecule has 0 aliphatic carbocycles. The van der Waals surface area contributed by atoms with E-state index in [9.17, 15) is 4.79 Å². The van der Waals surface area contributed by atoms with Crippen LogP contribution in [0.2, 0.25) is 0 Å². The first-order valence-electron chi connectivity index (χ1n) is 5.46. The minimum atomic E-state index is -0.316. The lowest BCUT2D eigenvalue weighted by Crippen LogP contribution is -2.38. The van der Waals surface area contributed by atoms with Gasteiger partial charge >= 0.3 is 0 Å². The van der Waals surface area contributed by atoms with Gasteiger partial charge in [0.05, 0.1) is 6.33 Å². The van der Waals surface area contributed by atoms with Crippen LogP contribution in [0.4, 0.5) is 0 Å². The first-order valence-corrected chi connectivity index (χ1v) is 5.46. The van der Waals surface area contributed by atoms with Gasteiger partial charge in [0.1, 0.15) is 0 Å². The SMILES string of the molecule is CC(C)(C)C(=O)NCCNCc1cnc[nH]1. The maximum Gasteiger partial charge on any atom is 0.225 e. The van der Waals surface area contributed by atoms with Crippen LogP contribution >= 0.6 is 0 Å². The lowest BCUT2D eigenvalue weighted by Gasteiger charge is -2.17. The van der Waals surface area contributed by atoms with Gasteiger partial charge in [-0.2, -0.15) is 0 Å². The van der Waals surface area contributed by atoms with Gasteiger partial charge in [-0.15, -0.1) is 0 Å². The van der Waals surface area contributed by atoms with Crippen molar-refractivity contribution >= 4 is 5.91 Å². The molecular weight excluding hydrogens is 204 g/mol. The zero-order valence-electron chi connectivity index (χ0n) is 10.1. The Morgan fingerprint density at radius 1 is 1.44 bits per heavy atom. The van der Waals surface area contributed by atoms with Crippen molar-refractivity contribution in [2.24, 2.45) is 5.41 Å². The van der Waals surface area contributed by atoms with Crippen LogP contribution in [0.1, 0.15) is 26.5 Å². The molecule has 0 bridgehead atoms. The smallest absolute Gasteiger partial charge is 0.225 e. The van der Waals surface area contributed by atoms with Crippen molar-refractivity contribution in [2.45, 2.75) is 27.3 Å². The number of aromatic nitrogens is 2. The van der Waals surface area contributed by atoms with Gasteiger partial charge in [-0.25, -0.2) is 4.98 Å². The normalized spacial score (nSPS) is 11.4. The third-order valence-corrected chi connectivity index (χ3v) is 2.14. The highest BCUT2D eigenvalue weighted by molar-refractivity contribution is 5.81. The van der Waals surface area contributed by atoms with Gasteiger partial charge in [0.25, 0.3) is 0 Å². The molecule has 0 aromatic carbocycles.